The van der Waals surface area contributed by atoms with Crippen molar-refractivity contribution in [3.05, 3.63) is 82.9 Å². The van der Waals surface area contributed by atoms with Crippen LogP contribution < -0.4 is 5.32 Å². The lowest BCUT2D eigenvalue weighted by molar-refractivity contribution is -0.121. The predicted molar refractivity (Wildman–Crippen MR) is 132 cm³/mol. The molecule has 2 aromatic carbocycles. The first-order valence-electron chi connectivity index (χ1n) is 12.2. The molecule has 0 saturated carbocycles. The van der Waals surface area contributed by atoms with Crippen LogP contribution in [0.5, 0.6) is 0 Å². The molecule has 2 aliphatic heterocycles. The van der Waals surface area contributed by atoms with Gasteiger partial charge in [0.1, 0.15) is 5.82 Å². The van der Waals surface area contributed by atoms with E-state index in [1.54, 1.807) is 21.5 Å². The van der Waals surface area contributed by atoms with Gasteiger partial charge in [-0.15, -0.1) is 0 Å². The first kappa shape index (κ1) is 23.7. The molecule has 0 radical (unpaired) electrons. The van der Waals surface area contributed by atoms with Gasteiger partial charge >= 0.3 is 0 Å². The number of carbonyl (C=O) groups is 3. The van der Waals surface area contributed by atoms with Crippen LogP contribution in [0.1, 0.15) is 44.9 Å². The van der Waals surface area contributed by atoms with E-state index in [2.05, 4.69) is 10.4 Å². The summed E-state index contributed by atoms with van der Waals surface area (Å²) in [7, 11) is 1.80. The third-order valence-electron chi connectivity index (χ3n) is 6.94. The van der Waals surface area contributed by atoms with E-state index in [-0.39, 0.29) is 30.2 Å². The van der Waals surface area contributed by atoms with Crippen molar-refractivity contribution in [1.82, 2.24) is 19.6 Å². The molecule has 1 atom stereocenters. The number of rotatable bonds is 4. The summed E-state index contributed by atoms with van der Waals surface area (Å²) in [6, 6.07) is 14.8. The summed E-state index contributed by atoms with van der Waals surface area (Å²) in [4.78, 5) is 42.8. The van der Waals surface area contributed by atoms with Crippen LogP contribution in [0.15, 0.2) is 54.6 Å². The molecule has 0 aliphatic carbocycles. The Labute approximate surface area is 208 Å². The first-order chi connectivity index (χ1) is 17.4. The number of aryl methyl sites for hydroxylation is 1. The molecule has 3 amide bonds. The zero-order valence-corrected chi connectivity index (χ0v) is 20.1. The van der Waals surface area contributed by atoms with Crippen molar-refractivity contribution in [2.24, 2.45) is 13.0 Å². The number of carbonyl (C=O) groups excluding carboxylic acids is 3. The lowest BCUT2D eigenvalue weighted by Gasteiger charge is -2.32. The van der Waals surface area contributed by atoms with Crippen LogP contribution in [-0.4, -0.2) is 56.9 Å². The number of fused-ring (bicyclic) bond motifs is 1. The highest BCUT2D eigenvalue weighted by Gasteiger charge is 2.34. The first-order valence-corrected chi connectivity index (χ1v) is 12.2. The van der Waals surface area contributed by atoms with Crippen LogP contribution in [0, 0.1) is 11.7 Å². The van der Waals surface area contributed by atoms with Gasteiger partial charge in [0.05, 0.1) is 12.5 Å². The maximum absolute atomic E-state index is 13.6. The number of amides is 3. The molecule has 1 fully saturated rings. The molecule has 1 N–H and O–H groups in total. The monoisotopic (exact) mass is 489 g/mol. The minimum Gasteiger partial charge on any atom is -0.336 e. The van der Waals surface area contributed by atoms with Crippen molar-refractivity contribution in [1.29, 1.82) is 0 Å². The van der Waals surface area contributed by atoms with E-state index in [4.69, 9.17) is 0 Å². The van der Waals surface area contributed by atoms with Crippen molar-refractivity contribution < 1.29 is 18.8 Å². The molecule has 3 aromatic rings. The van der Waals surface area contributed by atoms with E-state index in [1.807, 2.05) is 30.3 Å². The van der Waals surface area contributed by atoms with E-state index < -0.39 is 5.82 Å². The van der Waals surface area contributed by atoms with Gasteiger partial charge in [-0.05, 0) is 49.2 Å². The molecule has 9 heteroatoms. The minimum absolute atomic E-state index is 0.0992. The molecule has 186 valence electrons. The van der Waals surface area contributed by atoms with E-state index in [9.17, 15) is 18.8 Å². The number of aromatic nitrogens is 2. The van der Waals surface area contributed by atoms with E-state index in [0.29, 0.717) is 43.7 Å². The second kappa shape index (κ2) is 9.93. The highest BCUT2D eigenvalue weighted by atomic mass is 19.1. The lowest BCUT2D eigenvalue weighted by atomic mass is 9.96. The normalized spacial score (nSPS) is 17.4. The maximum Gasteiger partial charge on any atom is 0.274 e. The highest BCUT2D eigenvalue weighted by Crippen LogP contribution is 2.27. The smallest absolute Gasteiger partial charge is 0.274 e. The Morgan fingerprint density at radius 3 is 2.47 bits per heavy atom. The molecular weight excluding hydrogens is 461 g/mol. The van der Waals surface area contributed by atoms with Gasteiger partial charge in [0.2, 0.25) is 5.91 Å². The zero-order chi connectivity index (χ0) is 25.2. The third-order valence-corrected chi connectivity index (χ3v) is 6.94. The summed E-state index contributed by atoms with van der Waals surface area (Å²) in [5.74, 6) is -1.24. The fraction of sp³-hybridized carbons (Fsp3) is 0.333. The summed E-state index contributed by atoms with van der Waals surface area (Å²) in [6.45, 7) is 1.62. The standard InChI is InChI=1S/C27H28FN5O3/c1-31-23-13-15-33(26(35)18-9-11-20(28)12-10-18)17-22(23)24(30-31)27(36)32-14-5-6-19(16-32)25(34)29-21-7-3-2-4-8-21/h2-4,7-12,19H,5-6,13-17H2,1H3,(H,29,34)/t19-/m1/s1. The number of anilines is 1. The Morgan fingerprint density at radius 1 is 0.972 bits per heavy atom. The van der Waals surface area contributed by atoms with Gasteiger partial charge in [0.15, 0.2) is 5.69 Å². The van der Waals surface area contributed by atoms with Gasteiger partial charge in [0, 0.05) is 55.6 Å². The molecular formula is C27H28FN5O3. The average molecular weight is 490 g/mol. The van der Waals surface area contributed by atoms with E-state index >= 15 is 0 Å². The number of nitrogens with one attached hydrogen (secondary N) is 1. The fourth-order valence-corrected chi connectivity index (χ4v) is 5.00. The van der Waals surface area contributed by atoms with Crippen molar-refractivity contribution in [3.63, 3.8) is 0 Å². The van der Waals surface area contributed by atoms with Gasteiger partial charge in [-0.2, -0.15) is 5.10 Å². The van der Waals surface area contributed by atoms with Crippen LogP contribution >= 0.6 is 0 Å². The van der Waals surface area contributed by atoms with Crippen molar-refractivity contribution >= 4 is 23.4 Å². The molecule has 1 aromatic heterocycles. The Kier molecular flexibility index (Phi) is 6.54. The van der Waals surface area contributed by atoms with E-state index in [0.717, 1.165) is 23.4 Å². The number of nitrogens with zero attached hydrogens (tertiary/aromatic N) is 4. The lowest BCUT2D eigenvalue weighted by Crippen LogP contribution is -2.44. The molecule has 0 spiro atoms. The zero-order valence-electron chi connectivity index (χ0n) is 20.1. The van der Waals surface area contributed by atoms with Gasteiger partial charge in [-0.1, -0.05) is 18.2 Å². The number of likely N-dealkylation sites (tertiary alicyclic amines) is 1. The summed E-state index contributed by atoms with van der Waals surface area (Å²) in [6.07, 6.45) is 2.01. The largest absolute Gasteiger partial charge is 0.336 e. The average Bonchev–Trinajstić information content (AvgIpc) is 3.24. The van der Waals surface area contributed by atoms with Crippen molar-refractivity contribution in [2.75, 3.05) is 25.0 Å². The van der Waals surface area contributed by atoms with Crippen LogP contribution in [0.3, 0.4) is 0 Å². The molecule has 8 nitrogen and oxygen atoms in total. The summed E-state index contributed by atoms with van der Waals surface area (Å²) in [5, 5.41) is 7.46. The Morgan fingerprint density at radius 2 is 1.72 bits per heavy atom. The SMILES string of the molecule is Cn1nc(C(=O)N2CCC[C@@H](C(=O)Nc3ccccc3)C2)c2c1CCN(C(=O)c1ccc(F)cc1)C2. The summed E-state index contributed by atoms with van der Waals surface area (Å²) in [5.41, 5.74) is 3.13. The molecule has 0 unspecified atom stereocenters. The topological polar surface area (TPSA) is 87.5 Å². The van der Waals surface area contributed by atoms with Crippen molar-refractivity contribution in [3.8, 4) is 0 Å². The predicted octanol–water partition coefficient (Wildman–Crippen LogP) is 3.25. The fourth-order valence-electron chi connectivity index (χ4n) is 5.00. The molecule has 36 heavy (non-hydrogen) atoms. The molecule has 5 rings (SSSR count). The number of hydrogen-bond donors (Lipinski definition) is 1. The van der Waals surface area contributed by atoms with Gasteiger partial charge < -0.3 is 15.1 Å². The number of para-hydroxylation sites is 1. The number of benzene rings is 2. The van der Waals surface area contributed by atoms with Crippen LogP contribution in [-0.2, 0) is 24.8 Å². The second-order valence-electron chi connectivity index (χ2n) is 9.33. The molecule has 2 aliphatic rings. The maximum atomic E-state index is 13.6. The van der Waals surface area contributed by atoms with Gasteiger partial charge in [-0.25, -0.2) is 4.39 Å². The highest BCUT2D eigenvalue weighted by molar-refractivity contribution is 5.97. The molecule has 0 bridgehead atoms. The molecule has 3 heterocycles. The second-order valence-corrected chi connectivity index (χ2v) is 9.33. The quantitative estimate of drug-likeness (QED) is 0.610. The minimum atomic E-state index is -0.398. The Hall–Kier alpha value is -4.01. The van der Waals surface area contributed by atoms with Crippen molar-refractivity contribution in [2.45, 2.75) is 25.8 Å². The Bertz CT molecular complexity index is 1290. The number of halogens is 1. The van der Waals surface area contributed by atoms with Crippen LogP contribution in [0.2, 0.25) is 0 Å². The third kappa shape index (κ3) is 4.73. The van der Waals surface area contributed by atoms with Crippen LogP contribution in [0.4, 0.5) is 10.1 Å². The number of piperidine rings is 1. The number of hydrogen-bond acceptors (Lipinski definition) is 4. The summed E-state index contributed by atoms with van der Waals surface area (Å²) < 4.78 is 15.0. The van der Waals surface area contributed by atoms with Gasteiger partial charge in [0.25, 0.3) is 11.8 Å². The van der Waals surface area contributed by atoms with E-state index in [1.165, 1.54) is 24.3 Å². The molecule has 1 saturated heterocycles. The summed E-state index contributed by atoms with van der Waals surface area (Å²) >= 11 is 0. The van der Waals surface area contributed by atoms with Gasteiger partial charge in [-0.3, -0.25) is 19.1 Å². The Balaban J connectivity index is 1.31. The van der Waals surface area contributed by atoms with Crippen LogP contribution in [0.25, 0.3) is 0 Å².